The quantitative estimate of drug-likeness (QED) is 0.617. The molecular formula is C12H26O4S2. The molecule has 0 bridgehead atoms. The van der Waals surface area contributed by atoms with Crippen LogP contribution in [0.3, 0.4) is 0 Å². The Morgan fingerprint density at radius 2 is 1.00 bits per heavy atom. The normalized spacial score (nSPS) is 16.7. The van der Waals surface area contributed by atoms with Crippen LogP contribution in [0.1, 0.15) is 40.5 Å². The standard InChI is InChI=1S/C12H26O4S2/c1-11(2,13)5-7-17(15)9-10-18(16)8-6-12(3,4)14/h13-14H,5-10H2,1-4H3. The molecular weight excluding hydrogens is 272 g/mol. The lowest BCUT2D eigenvalue weighted by atomic mass is 10.1. The lowest BCUT2D eigenvalue weighted by Gasteiger charge is -2.20. The number of rotatable bonds is 9. The van der Waals surface area contributed by atoms with E-state index >= 15 is 0 Å². The van der Waals surface area contributed by atoms with Crippen molar-refractivity contribution in [3.05, 3.63) is 0 Å². The predicted molar refractivity (Wildman–Crippen MR) is 77.6 cm³/mol. The SMILES string of the molecule is CC(C)(O)CC[S+]([O-])CC[S+]([O-])CCC(C)(C)O. The maximum absolute atomic E-state index is 11.6. The van der Waals surface area contributed by atoms with Crippen LogP contribution >= 0.6 is 0 Å². The highest BCUT2D eigenvalue weighted by Crippen LogP contribution is 2.12. The Hall–Kier alpha value is 0.540. The summed E-state index contributed by atoms with van der Waals surface area (Å²) >= 11 is -2.05. The van der Waals surface area contributed by atoms with Crippen molar-refractivity contribution in [2.45, 2.75) is 51.7 Å². The number of aliphatic hydroxyl groups is 2. The molecule has 0 aliphatic rings. The summed E-state index contributed by atoms with van der Waals surface area (Å²) in [5, 5.41) is 19.0. The monoisotopic (exact) mass is 298 g/mol. The molecule has 2 atom stereocenters. The van der Waals surface area contributed by atoms with E-state index in [9.17, 15) is 19.3 Å². The van der Waals surface area contributed by atoms with E-state index in [1.165, 1.54) is 0 Å². The van der Waals surface area contributed by atoms with Gasteiger partial charge in [-0.25, -0.2) is 0 Å². The van der Waals surface area contributed by atoms with Crippen LogP contribution < -0.4 is 0 Å². The van der Waals surface area contributed by atoms with Gasteiger partial charge in [-0.05, 0) is 50.0 Å². The molecule has 0 aromatic rings. The Morgan fingerprint density at radius 1 is 0.722 bits per heavy atom. The molecule has 0 aliphatic heterocycles. The molecule has 4 nitrogen and oxygen atoms in total. The van der Waals surface area contributed by atoms with Crippen LogP contribution in [0.15, 0.2) is 0 Å². The van der Waals surface area contributed by atoms with Crippen molar-refractivity contribution >= 4 is 22.4 Å². The van der Waals surface area contributed by atoms with Gasteiger partial charge >= 0.3 is 0 Å². The van der Waals surface area contributed by atoms with Crippen LogP contribution in [-0.2, 0) is 22.4 Å². The number of hydrogen-bond acceptors (Lipinski definition) is 4. The molecule has 0 spiro atoms. The third-order valence-electron chi connectivity index (χ3n) is 2.42. The Labute approximate surface area is 117 Å². The summed E-state index contributed by atoms with van der Waals surface area (Å²) in [5.41, 5.74) is -1.59. The summed E-state index contributed by atoms with van der Waals surface area (Å²) in [4.78, 5) is 0. The van der Waals surface area contributed by atoms with E-state index in [1.54, 1.807) is 27.7 Å². The van der Waals surface area contributed by atoms with Gasteiger partial charge in [0, 0.05) is 12.8 Å². The summed E-state index contributed by atoms with van der Waals surface area (Å²) in [7, 11) is 0. The van der Waals surface area contributed by atoms with E-state index < -0.39 is 33.6 Å². The van der Waals surface area contributed by atoms with E-state index in [1.807, 2.05) is 0 Å². The Bertz CT molecular complexity index is 199. The Kier molecular flexibility index (Phi) is 8.21. The largest absolute Gasteiger partial charge is 0.616 e. The number of hydrogen-bond donors (Lipinski definition) is 2. The molecule has 0 rings (SSSR count). The highest BCUT2D eigenvalue weighted by molar-refractivity contribution is 7.95. The van der Waals surface area contributed by atoms with Gasteiger partial charge in [-0.15, -0.1) is 0 Å². The molecule has 2 N–H and O–H groups in total. The average Bonchev–Trinajstić information content (AvgIpc) is 2.18. The van der Waals surface area contributed by atoms with Crippen LogP contribution in [0.2, 0.25) is 0 Å². The maximum Gasteiger partial charge on any atom is 0.149 e. The average molecular weight is 298 g/mol. The van der Waals surface area contributed by atoms with Gasteiger partial charge in [0.05, 0.1) is 11.2 Å². The van der Waals surface area contributed by atoms with Crippen LogP contribution in [0, 0.1) is 0 Å². The fourth-order valence-electron chi connectivity index (χ4n) is 1.12. The first-order valence-electron chi connectivity index (χ1n) is 6.14. The van der Waals surface area contributed by atoms with Gasteiger partial charge in [-0.1, -0.05) is 0 Å². The third kappa shape index (κ3) is 13.0. The first kappa shape index (κ1) is 18.5. The van der Waals surface area contributed by atoms with E-state index in [0.717, 1.165) is 0 Å². The summed E-state index contributed by atoms with van der Waals surface area (Å²) in [6, 6.07) is 0. The smallest absolute Gasteiger partial charge is 0.149 e. The molecule has 0 aliphatic carbocycles. The lowest BCUT2D eigenvalue weighted by molar-refractivity contribution is 0.0766. The second-order valence-electron chi connectivity index (χ2n) is 5.82. The van der Waals surface area contributed by atoms with Crippen molar-refractivity contribution in [3.8, 4) is 0 Å². The van der Waals surface area contributed by atoms with Crippen molar-refractivity contribution in [1.82, 2.24) is 0 Å². The fourth-order valence-corrected chi connectivity index (χ4v) is 4.47. The van der Waals surface area contributed by atoms with Gasteiger partial charge in [-0.3, -0.25) is 0 Å². The van der Waals surface area contributed by atoms with Crippen LogP contribution in [-0.4, -0.2) is 53.5 Å². The summed E-state index contributed by atoms with van der Waals surface area (Å²) in [6.45, 7) is 6.74. The topological polar surface area (TPSA) is 86.6 Å². The summed E-state index contributed by atoms with van der Waals surface area (Å²) < 4.78 is 23.2. The van der Waals surface area contributed by atoms with E-state index in [4.69, 9.17) is 0 Å². The molecule has 6 heteroatoms. The molecule has 0 aromatic carbocycles. The van der Waals surface area contributed by atoms with Gasteiger partial charge < -0.3 is 19.3 Å². The molecule has 18 heavy (non-hydrogen) atoms. The van der Waals surface area contributed by atoms with Gasteiger partial charge in [0.25, 0.3) is 0 Å². The minimum absolute atomic E-state index is 0.397. The molecule has 0 radical (unpaired) electrons. The molecule has 0 saturated heterocycles. The van der Waals surface area contributed by atoms with Gasteiger partial charge in [0.15, 0.2) is 0 Å². The highest BCUT2D eigenvalue weighted by atomic mass is 32.2. The van der Waals surface area contributed by atoms with Crippen LogP contribution in [0.5, 0.6) is 0 Å². The van der Waals surface area contributed by atoms with E-state index in [0.29, 0.717) is 35.9 Å². The second-order valence-corrected chi connectivity index (χ2v) is 9.21. The van der Waals surface area contributed by atoms with Crippen molar-refractivity contribution < 1.29 is 19.3 Å². The first-order chi connectivity index (χ1) is 7.99. The zero-order chi connectivity index (χ0) is 14.4. The van der Waals surface area contributed by atoms with Gasteiger partial charge in [0.1, 0.15) is 23.0 Å². The Morgan fingerprint density at radius 3 is 1.22 bits per heavy atom. The van der Waals surface area contributed by atoms with Gasteiger partial charge in [0.2, 0.25) is 0 Å². The summed E-state index contributed by atoms with van der Waals surface area (Å²) in [6.07, 6.45) is 0.964. The van der Waals surface area contributed by atoms with Crippen LogP contribution in [0.4, 0.5) is 0 Å². The molecule has 0 amide bonds. The van der Waals surface area contributed by atoms with Gasteiger partial charge in [-0.2, -0.15) is 0 Å². The van der Waals surface area contributed by atoms with Crippen molar-refractivity contribution in [2.24, 2.45) is 0 Å². The predicted octanol–water partition coefficient (Wildman–Crippen LogP) is 0.806. The van der Waals surface area contributed by atoms with E-state index in [2.05, 4.69) is 0 Å². The Balaban J connectivity index is 3.68. The lowest BCUT2D eigenvalue weighted by Crippen LogP contribution is -2.28. The van der Waals surface area contributed by atoms with Crippen molar-refractivity contribution in [3.63, 3.8) is 0 Å². The van der Waals surface area contributed by atoms with Crippen molar-refractivity contribution in [1.29, 1.82) is 0 Å². The highest BCUT2D eigenvalue weighted by Gasteiger charge is 2.21. The minimum Gasteiger partial charge on any atom is -0.616 e. The zero-order valence-corrected chi connectivity index (χ0v) is 13.4. The first-order valence-corrected chi connectivity index (χ1v) is 9.12. The summed E-state index contributed by atoms with van der Waals surface area (Å²) in [5.74, 6) is 1.67. The minimum atomic E-state index is -1.03. The van der Waals surface area contributed by atoms with E-state index in [-0.39, 0.29) is 0 Å². The molecule has 0 saturated carbocycles. The molecule has 0 fully saturated rings. The molecule has 110 valence electrons. The maximum atomic E-state index is 11.6. The molecule has 0 heterocycles. The second kappa shape index (κ2) is 7.97. The van der Waals surface area contributed by atoms with Crippen molar-refractivity contribution in [2.75, 3.05) is 23.0 Å². The van der Waals surface area contributed by atoms with Crippen LogP contribution in [0.25, 0.3) is 0 Å². The molecule has 0 aromatic heterocycles. The third-order valence-corrected chi connectivity index (χ3v) is 5.32. The zero-order valence-electron chi connectivity index (χ0n) is 11.8. The molecule has 2 unspecified atom stereocenters. The fraction of sp³-hybridized carbons (Fsp3) is 1.00.